The van der Waals surface area contributed by atoms with Crippen LogP contribution in [-0.4, -0.2) is 4.18 Å². The van der Waals surface area contributed by atoms with Gasteiger partial charge in [0.15, 0.2) is 4.18 Å². The minimum atomic E-state index is -0.638. The van der Waals surface area contributed by atoms with Crippen molar-refractivity contribution in [3.8, 4) is 0 Å². The molecule has 98 valence electrons. The van der Waals surface area contributed by atoms with Gasteiger partial charge in [-0.3, -0.25) is 0 Å². The molecular formula is C14H28FI. The molecule has 0 spiro atoms. The molecular weight excluding hydrogens is 314 g/mol. The Bertz CT molecular complexity index is 125. The van der Waals surface area contributed by atoms with Crippen LogP contribution in [-0.2, 0) is 0 Å². The Hall–Kier alpha value is 0.660. The highest BCUT2D eigenvalue weighted by molar-refractivity contribution is 14.1. The summed E-state index contributed by atoms with van der Waals surface area (Å²) in [5, 5.41) is 0. The third kappa shape index (κ3) is 9.86. The number of hydrogen-bond donors (Lipinski definition) is 0. The largest absolute Gasteiger partial charge is 0.236 e. The second-order valence-electron chi connectivity index (χ2n) is 4.79. The van der Waals surface area contributed by atoms with Gasteiger partial charge in [-0.05, 0) is 41.4 Å². The average Bonchev–Trinajstić information content (AvgIpc) is 2.26. The molecule has 1 atom stereocenters. The molecule has 0 fully saturated rings. The van der Waals surface area contributed by atoms with Gasteiger partial charge in [0.2, 0.25) is 0 Å². The van der Waals surface area contributed by atoms with Crippen LogP contribution < -0.4 is 0 Å². The zero-order valence-electron chi connectivity index (χ0n) is 11.0. The SMILES string of the molecule is CCCCCCC(CCCCCC)C(F)I. The van der Waals surface area contributed by atoms with E-state index in [9.17, 15) is 4.39 Å². The predicted molar refractivity (Wildman–Crippen MR) is 79.9 cm³/mol. The van der Waals surface area contributed by atoms with Crippen LogP contribution in [0.4, 0.5) is 4.39 Å². The molecule has 0 bridgehead atoms. The predicted octanol–water partition coefficient (Wildman–Crippen LogP) is 6.27. The van der Waals surface area contributed by atoms with Crippen molar-refractivity contribution in [2.45, 2.75) is 82.2 Å². The second kappa shape index (κ2) is 12.1. The lowest BCUT2D eigenvalue weighted by atomic mass is 9.96. The van der Waals surface area contributed by atoms with Gasteiger partial charge in [0, 0.05) is 0 Å². The van der Waals surface area contributed by atoms with Gasteiger partial charge in [-0.1, -0.05) is 65.2 Å². The molecule has 0 radical (unpaired) electrons. The Morgan fingerprint density at radius 1 is 0.812 bits per heavy atom. The minimum Gasteiger partial charge on any atom is -0.236 e. The number of hydrogen-bond acceptors (Lipinski definition) is 0. The van der Waals surface area contributed by atoms with E-state index in [1.807, 2.05) is 22.6 Å². The van der Waals surface area contributed by atoms with E-state index in [1.54, 1.807) is 0 Å². The summed E-state index contributed by atoms with van der Waals surface area (Å²) in [6.45, 7) is 4.44. The zero-order chi connectivity index (χ0) is 12.2. The topological polar surface area (TPSA) is 0 Å². The van der Waals surface area contributed by atoms with Gasteiger partial charge in [-0.25, -0.2) is 4.39 Å². The van der Waals surface area contributed by atoms with Crippen LogP contribution >= 0.6 is 22.6 Å². The van der Waals surface area contributed by atoms with Gasteiger partial charge in [0.1, 0.15) is 0 Å². The van der Waals surface area contributed by atoms with Crippen molar-refractivity contribution >= 4 is 22.6 Å². The monoisotopic (exact) mass is 342 g/mol. The standard InChI is InChI=1S/C14H28FI/c1-3-5-7-9-11-13(14(15)16)12-10-8-6-4-2/h13-14H,3-12H2,1-2H3. The smallest absolute Gasteiger partial charge is 0.154 e. The lowest BCUT2D eigenvalue weighted by Crippen LogP contribution is -2.09. The highest BCUT2D eigenvalue weighted by atomic mass is 127. The van der Waals surface area contributed by atoms with E-state index >= 15 is 0 Å². The molecule has 0 saturated carbocycles. The summed E-state index contributed by atoms with van der Waals surface area (Å²) in [5.41, 5.74) is 0. The van der Waals surface area contributed by atoms with E-state index in [0.29, 0.717) is 5.92 Å². The van der Waals surface area contributed by atoms with E-state index in [-0.39, 0.29) is 0 Å². The quantitative estimate of drug-likeness (QED) is 0.236. The molecule has 0 aliphatic carbocycles. The summed E-state index contributed by atoms with van der Waals surface area (Å²) < 4.78 is 12.7. The van der Waals surface area contributed by atoms with E-state index < -0.39 is 4.18 Å². The first kappa shape index (κ1) is 16.7. The van der Waals surface area contributed by atoms with Crippen molar-refractivity contribution in [3.63, 3.8) is 0 Å². The van der Waals surface area contributed by atoms with Gasteiger partial charge >= 0.3 is 0 Å². The highest BCUT2D eigenvalue weighted by Gasteiger charge is 2.16. The van der Waals surface area contributed by atoms with Crippen LogP contribution in [0, 0.1) is 5.92 Å². The van der Waals surface area contributed by atoms with Gasteiger partial charge in [-0.15, -0.1) is 0 Å². The van der Waals surface area contributed by atoms with Crippen molar-refractivity contribution in [1.82, 2.24) is 0 Å². The number of alkyl halides is 2. The summed E-state index contributed by atoms with van der Waals surface area (Å²) in [6.07, 6.45) is 12.3. The summed E-state index contributed by atoms with van der Waals surface area (Å²) >= 11 is 1.96. The molecule has 1 unspecified atom stereocenters. The molecule has 0 N–H and O–H groups in total. The first-order chi connectivity index (χ1) is 7.72. The van der Waals surface area contributed by atoms with Crippen molar-refractivity contribution < 1.29 is 4.39 Å². The third-order valence-corrected chi connectivity index (χ3v) is 4.23. The molecule has 0 aromatic rings. The lowest BCUT2D eigenvalue weighted by Gasteiger charge is -2.16. The van der Waals surface area contributed by atoms with Crippen molar-refractivity contribution in [1.29, 1.82) is 0 Å². The molecule has 16 heavy (non-hydrogen) atoms. The van der Waals surface area contributed by atoms with Crippen LogP contribution in [0.15, 0.2) is 0 Å². The van der Waals surface area contributed by atoms with Crippen LogP contribution in [0.1, 0.15) is 78.1 Å². The summed E-state index contributed by atoms with van der Waals surface area (Å²) in [7, 11) is 0. The summed E-state index contributed by atoms with van der Waals surface area (Å²) in [4.78, 5) is 0. The van der Waals surface area contributed by atoms with E-state index in [2.05, 4.69) is 13.8 Å². The molecule has 0 amide bonds. The van der Waals surface area contributed by atoms with Crippen molar-refractivity contribution in [2.75, 3.05) is 0 Å². The van der Waals surface area contributed by atoms with E-state index in [1.165, 1.54) is 51.4 Å². The maximum absolute atomic E-state index is 13.4. The summed E-state index contributed by atoms with van der Waals surface area (Å²) in [6, 6.07) is 0. The second-order valence-corrected chi connectivity index (χ2v) is 5.98. The van der Waals surface area contributed by atoms with Crippen LogP contribution in [0.2, 0.25) is 0 Å². The third-order valence-electron chi connectivity index (χ3n) is 3.21. The first-order valence-electron chi connectivity index (χ1n) is 7.00. The van der Waals surface area contributed by atoms with Crippen LogP contribution in [0.25, 0.3) is 0 Å². The molecule has 0 aromatic heterocycles. The fourth-order valence-electron chi connectivity index (χ4n) is 2.06. The number of halogens is 2. The molecule has 0 aromatic carbocycles. The fourth-order valence-corrected chi connectivity index (χ4v) is 2.78. The van der Waals surface area contributed by atoms with Gasteiger partial charge in [0.25, 0.3) is 0 Å². The average molecular weight is 342 g/mol. The van der Waals surface area contributed by atoms with Gasteiger partial charge in [-0.2, -0.15) is 0 Å². The van der Waals surface area contributed by atoms with Crippen molar-refractivity contribution in [2.24, 2.45) is 5.92 Å². The first-order valence-corrected chi connectivity index (χ1v) is 8.25. The normalized spacial score (nSPS) is 13.3. The van der Waals surface area contributed by atoms with E-state index in [0.717, 1.165) is 12.8 Å². The minimum absolute atomic E-state index is 0.314. The fraction of sp³-hybridized carbons (Fsp3) is 1.00. The lowest BCUT2D eigenvalue weighted by molar-refractivity contribution is 0.293. The maximum Gasteiger partial charge on any atom is 0.154 e. The molecule has 0 rings (SSSR count). The Balaban J connectivity index is 3.54. The Morgan fingerprint density at radius 2 is 1.25 bits per heavy atom. The Kier molecular flexibility index (Phi) is 12.6. The van der Waals surface area contributed by atoms with Crippen molar-refractivity contribution in [3.05, 3.63) is 0 Å². The highest BCUT2D eigenvalue weighted by Crippen LogP contribution is 2.27. The number of rotatable bonds is 11. The Labute approximate surface area is 115 Å². The zero-order valence-corrected chi connectivity index (χ0v) is 13.1. The molecule has 0 aliphatic rings. The molecule has 2 heteroatoms. The van der Waals surface area contributed by atoms with E-state index in [4.69, 9.17) is 0 Å². The van der Waals surface area contributed by atoms with Gasteiger partial charge < -0.3 is 0 Å². The molecule has 0 aliphatic heterocycles. The molecule has 0 saturated heterocycles. The maximum atomic E-state index is 13.4. The Morgan fingerprint density at radius 3 is 1.56 bits per heavy atom. The van der Waals surface area contributed by atoms with Crippen LogP contribution in [0.3, 0.4) is 0 Å². The molecule has 0 nitrogen and oxygen atoms in total. The molecule has 0 heterocycles. The van der Waals surface area contributed by atoms with Gasteiger partial charge in [0.05, 0.1) is 0 Å². The van der Waals surface area contributed by atoms with Crippen LogP contribution in [0.5, 0.6) is 0 Å². The number of unbranched alkanes of at least 4 members (excludes halogenated alkanes) is 6. The summed E-state index contributed by atoms with van der Waals surface area (Å²) in [5.74, 6) is 0.314.